The number of hydrogen-bond donors (Lipinski definition) is 2. The SMILES string of the molecule is COc1ccc(CC(C)CNC(=O)N2CCCC2CC(C)O)cc1. The van der Waals surface area contributed by atoms with Gasteiger partial charge in [0.25, 0.3) is 0 Å². The van der Waals surface area contributed by atoms with E-state index in [1.54, 1.807) is 14.0 Å². The lowest BCUT2D eigenvalue weighted by Crippen LogP contribution is -2.45. The number of benzene rings is 1. The van der Waals surface area contributed by atoms with Gasteiger partial charge in [0, 0.05) is 19.1 Å². The minimum Gasteiger partial charge on any atom is -0.497 e. The summed E-state index contributed by atoms with van der Waals surface area (Å²) in [6, 6.07) is 8.23. The average Bonchev–Trinajstić information content (AvgIpc) is 3.00. The molecule has 0 bridgehead atoms. The first kappa shape index (κ1) is 18.6. The lowest BCUT2D eigenvalue weighted by Gasteiger charge is -2.26. The van der Waals surface area contributed by atoms with Gasteiger partial charge in [-0.25, -0.2) is 4.79 Å². The Balaban J connectivity index is 1.77. The number of nitrogens with zero attached hydrogens (tertiary/aromatic N) is 1. The highest BCUT2D eigenvalue weighted by molar-refractivity contribution is 5.74. The fraction of sp³-hybridized carbons (Fsp3) is 0.632. The summed E-state index contributed by atoms with van der Waals surface area (Å²) >= 11 is 0. The zero-order valence-electron chi connectivity index (χ0n) is 15.0. The van der Waals surface area contributed by atoms with Crippen molar-refractivity contribution >= 4 is 6.03 Å². The number of amides is 2. The summed E-state index contributed by atoms with van der Waals surface area (Å²) in [4.78, 5) is 14.3. The van der Waals surface area contributed by atoms with Gasteiger partial charge in [-0.05, 0) is 56.2 Å². The summed E-state index contributed by atoms with van der Waals surface area (Å²) in [6.07, 6.45) is 3.22. The van der Waals surface area contributed by atoms with Gasteiger partial charge in [0.05, 0.1) is 13.2 Å². The molecule has 1 aliphatic rings. The molecular weight excluding hydrogens is 304 g/mol. The number of aliphatic hydroxyl groups is 1. The van der Waals surface area contributed by atoms with Crippen LogP contribution in [-0.2, 0) is 6.42 Å². The van der Waals surface area contributed by atoms with Crippen molar-refractivity contribution in [3.63, 3.8) is 0 Å². The Bertz CT molecular complexity index is 516. The Morgan fingerprint density at radius 3 is 2.71 bits per heavy atom. The number of nitrogens with one attached hydrogen (secondary N) is 1. The molecule has 0 saturated carbocycles. The van der Waals surface area contributed by atoms with Gasteiger partial charge in [0.15, 0.2) is 0 Å². The van der Waals surface area contributed by atoms with E-state index in [0.29, 0.717) is 18.9 Å². The molecule has 2 amide bonds. The molecule has 5 nitrogen and oxygen atoms in total. The molecule has 3 atom stereocenters. The van der Waals surface area contributed by atoms with Crippen LogP contribution in [0.1, 0.15) is 38.7 Å². The predicted molar refractivity (Wildman–Crippen MR) is 95.3 cm³/mol. The minimum atomic E-state index is -0.364. The first-order valence-electron chi connectivity index (χ1n) is 8.85. The fourth-order valence-corrected chi connectivity index (χ4v) is 3.34. The molecule has 134 valence electrons. The van der Waals surface area contributed by atoms with E-state index in [9.17, 15) is 9.90 Å². The van der Waals surface area contributed by atoms with Crippen molar-refractivity contribution in [1.29, 1.82) is 0 Å². The van der Waals surface area contributed by atoms with Crippen LogP contribution in [-0.4, -0.2) is 48.4 Å². The third-order valence-electron chi connectivity index (χ3n) is 4.60. The molecule has 0 aromatic heterocycles. The summed E-state index contributed by atoms with van der Waals surface area (Å²) in [6.45, 7) is 5.37. The van der Waals surface area contributed by atoms with E-state index in [1.165, 1.54) is 5.56 Å². The van der Waals surface area contributed by atoms with E-state index in [1.807, 2.05) is 17.0 Å². The molecule has 1 aromatic carbocycles. The molecule has 2 N–H and O–H groups in total. The Labute approximate surface area is 145 Å². The van der Waals surface area contributed by atoms with Gasteiger partial charge >= 0.3 is 6.03 Å². The van der Waals surface area contributed by atoms with Crippen LogP contribution in [0.15, 0.2) is 24.3 Å². The van der Waals surface area contributed by atoms with Crippen molar-refractivity contribution in [1.82, 2.24) is 10.2 Å². The number of ether oxygens (including phenoxy) is 1. The predicted octanol–water partition coefficient (Wildman–Crippen LogP) is 2.82. The largest absolute Gasteiger partial charge is 0.497 e. The van der Waals surface area contributed by atoms with Gasteiger partial charge in [-0.2, -0.15) is 0 Å². The van der Waals surface area contributed by atoms with Crippen LogP contribution in [0.25, 0.3) is 0 Å². The van der Waals surface area contributed by atoms with E-state index >= 15 is 0 Å². The number of methoxy groups -OCH3 is 1. The number of urea groups is 1. The van der Waals surface area contributed by atoms with Crippen molar-refractivity contribution in [2.24, 2.45) is 5.92 Å². The highest BCUT2D eigenvalue weighted by Gasteiger charge is 2.29. The third kappa shape index (κ3) is 5.41. The molecule has 3 unspecified atom stereocenters. The monoisotopic (exact) mass is 334 g/mol. The van der Waals surface area contributed by atoms with E-state index < -0.39 is 0 Å². The highest BCUT2D eigenvalue weighted by Crippen LogP contribution is 2.21. The lowest BCUT2D eigenvalue weighted by molar-refractivity contribution is 0.138. The normalized spacial score (nSPS) is 19.8. The Morgan fingerprint density at radius 1 is 1.38 bits per heavy atom. The molecule has 2 rings (SSSR count). The first-order chi connectivity index (χ1) is 11.5. The molecule has 0 radical (unpaired) electrons. The van der Waals surface area contributed by atoms with Crippen LogP contribution >= 0.6 is 0 Å². The van der Waals surface area contributed by atoms with Crippen LogP contribution in [0.2, 0.25) is 0 Å². The Morgan fingerprint density at radius 2 is 2.08 bits per heavy atom. The van der Waals surface area contributed by atoms with Crippen LogP contribution in [0, 0.1) is 5.92 Å². The molecule has 5 heteroatoms. The van der Waals surface area contributed by atoms with Crippen LogP contribution < -0.4 is 10.1 Å². The quantitative estimate of drug-likeness (QED) is 0.806. The maximum atomic E-state index is 12.4. The number of likely N-dealkylation sites (tertiary alicyclic amines) is 1. The van der Waals surface area contributed by atoms with E-state index in [0.717, 1.165) is 31.6 Å². The summed E-state index contributed by atoms with van der Waals surface area (Å²) in [5.41, 5.74) is 1.24. The maximum Gasteiger partial charge on any atom is 0.317 e. The molecule has 0 spiro atoms. The summed E-state index contributed by atoms with van der Waals surface area (Å²) in [7, 11) is 1.66. The summed E-state index contributed by atoms with van der Waals surface area (Å²) in [5.74, 6) is 1.22. The zero-order chi connectivity index (χ0) is 17.5. The number of carbonyl (C=O) groups excluding carboxylic acids is 1. The molecule has 1 aromatic rings. The van der Waals surface area contributed by atoms with Crippen molar-refractivity contribution in [2.45, 2.75) is 51.7 Å². The van der Waals surface area contributed by atoms with Crippen LogP contribution in [0.4, 0.5) is 4.79 Å². The third-order valence-corrected chi connectivity index (χ3v) is 4.60. The second-order valence-electron chi connectivity index (χ2n) is 6.92. The standard InChI is InChI=1S/C19H30N2O3/c1-14(11-16-6-8-18(24-3)9-7-16)13-20-19(23)21-10-4-5-17(21)12-15(2)22/h6-9,14-15,17,22H,4-5,10-13H2,1-3H3,(H,20,23). The maximum absolute atomic E-state index is 12.4. The van der Waals surface area contributed by atoms with E-state index in [-0.39, 0.29) is 18.2 Å². The molecule has 0 aliphatic carbocycles. The van der Waals surface area contributed by atoms with Gasteiger partial charge in [-0.1, -0.05) is 19.1 Å². The molecular formula is C19H30N2O3. The van der Waals surface area contributed by atoms with Crippen LogP contribution in [0.5, 0.6) is 5.75 Å². The average molecular weight is 334 g/mol. The van der Waals surface area contributed by atoms with Crippen molar-refractivity contribution in [2.75, 3.05) is 20.2 Å². The van der Waals surface area contributed by atoms with Crippen molar-refractivity contribution < 1.29 is 14.6 Å². The fourth-order valence-electron chi connectivity index (χ4n) is 3.34. The highest BCUT2D eigenvalue weighted by atomic mass is 16.5. The molecule has 1 saturated heterocycles. The first-order valence-corrected chi connectivity index (χ1v) is 8.85. The number of carbonyl (C=O) groups is 1. The second kappa shape index (κ2) is 8.92. The smallest absolute Gasteiger partial charge is 0.317 e. The van der Waals surface area contributed by atoms with Gasteiger partial charge in [-0.15, -0.1) is 0 Å². The molecule has 24 heavy (non-hydrogen) atoms. The topological polar surface area (TPSA) is 61.8 Å². The van der Waals surface area contributed by atoms with Gasteiger partial charge in [0.1, 0.15) is 5.75 Å². The van der Waals surface area contributed by atoms with Gasteiger partial charge in [0.2, 0.25) is 0 Å². The van der Waals surface area contributed by atoms with E-state index in [4.69, 9.17) is 4.74 Å². The zero-order valence-corrected chi connectivity index (χ0v) is 15.0. The number of aliphatic hydroxyl groups excluding tert-OH is 1. The van der Waals surface area contributed by atoms with Crippen LogP contribution in [0.3, 0.4) is 0 Å². The number of hydrogen-bond acceptors (Lipinski definition) is 3. The molecule has 1 heterocycles. The van der Waals surface area contributed by atoms with E-state index in [2.05, 4.69) is 24.4 Å². The van der Waals surface area contributed by atoms with Gasteiger partial charge < -0.3 is 20.1 Å². The Hall–Kier alpha value is -1.75. The Kier molecular flexibility index (Phi) is 6.91. The summed E-state index contributed by atoms with van der Waals surface area (Å²) < 4.78 is 5.17. The molecule has 1 fully saturated rings. The lowest BCUT2D eigenvalue weighted by atomic mass is 10.0. The van der Waals surface area contributed by atoms with Gasteiger partial charge in [-0.3, -0.25) is 0 Å². The minimum absolute atomic E-state index is 0.000249. The number of rotatable bonds is 7. The second-order valence-corrected chi connectivity index (χ2v) is 6.92. The van der Waals surface area contributed by atoms with Crippen molar-refractivity contribution in [3.05, 3.63) is 29.8 Å². The molecule has 1 aliphatic heterocycles. The summed E-state index contributed by atoms with van der Waals surface area (Å²) in [5, 5.41) is 12.6. The van der Waals surface area contributed by atoms with Crippen molar-refractivity contribution in [3.8, 4) is 5.75 Å².